The number of aromatic nitrogens is 1. The van der Waals surface area contributed by atoms with Crippen LogP contribution in [0.4, 0.5) is 0 Å². The van der Waals surface area contributed by atoms with E-state index in [9.17, 15) is 0 Å². The first-order valence-electron chi connectivity index (χ1n) is 7.09. The molecule has 2 heterocycles. The molecule has 3 aromatic rings. The van der Waals surface area contributed by atoms with Crippen molar-refractivity contribution in [1.29, 1.82) is 0 Å². The first-order chi connectivity index (χ1) is 10.3. The summed E-state index contributed by atoms with van der Waals surface area (Å²) in [6.45, 7) is 2.21. The second-order valence-corrected chi connectivity index (χ2v) is 6.01. The normalized spacial score (nSPS) is 13.8. The average molecular weight is 294 g/mol. The van der Waals surface area contributed by atoms with Gasteiger partial charge in [-0.1, -0.05) is 36.4 Å². The van der Waals surface area contributed by atoms with Gasteiger partial charge in [0.05, 0.1) is 6.04 Å². The Kier molecular flexibility index (Phi) is 4.43. The fraction of sp³-hybridized carbons (Fsp3) is 0.167. The zero-order valence-electron chi connectivity index (χ0n) is 11.9. The van der Waals surface area contributed by atoms with Crippen LogP contribution in [0, 0.1) is 0 Å². The van der Waals surface area contributed by atoms with Gasteiger partial charge in [-0.25, -0.2) is 0 Å². The molecule has 0 aliphatic carbocycles. The highest BCUT2D eigenvalue weighted by Crippen LogP contribution is 2.27. The topological polar surface area (TPSA) is 24.9 Å². The second-order valence-electron chi connectivity index (χ2n) is 5.03. The predicted octanol–water partition coefficient (Wildman–Crippen LogP) is 4.58. The summed E-state index contributed by atoms with van der Waals surface area (Å²) >= 11 is 1.79. The van der Waals surface area contributed by atoms with Crippen LogP contribution in [0.5, 0.6) is 0 Å². The summed E-state index contributed by atoms with van der Waals surface area (Å²) in [5.74, 6) is 0. The summed E-state index contributed by atoms with van der Waals surface area (Å²) in [5, 5.41) is 5.86. The molecule has 2 atom stereocenters. The number of benzene rings is 1. The van der Waals surface area contributed by atoms with E-state index in [1.807, 2.05) is 12.4 Å². The summed E-state index contributed by atoms with van der Waals surface area (Å²) in [4.78, 5) is 5.48. The molecule has 1 unspecified atom stereocenters. The molecule has 1 N–H and O–H groups in total. The summed E-state index contributed by atoms with van der Waals surface area (Å²) in [6.07, 6.45) is 3.70. The highest BCUT2D eigenvalue weighted by Gasteiger charge is 2.17. The van der Waals surface area contributed by atoms with E-state index in [0.717, 1.165) is 0 Å². The lowest BCUT2D eigenvalue weighted by molar-refractivity contribution is 0.522. The van der Waals surface area contributed by atoms with Crippen molar-refractivity contribution < 1.29 is 0 Å². The van der Waals surface area contributed by atoms with Gasteiger partial charge in [0, 0.05) is 23.3 Å². The number of thiophene rings is 1. The van der Waals surface area contributed by atoms with Crippen LogP contribution in [0.1, 0.15) is 35.0 Å². The lowest BCUT2D eigenvalue weighted by Crippen LogP contribution is -2.25. The quantitative estimate of drug-likeness (QED) is 0.745. The van der Waals surface area contributed by atoms with Crippen LogP contribution in [0.25, 0.3) is 0 Å². The molecule has 21 heavy (non-hydrogen) atoms. The number of pyridine rings is 1. The monoisotopic (exact) mass is 294 g/mol. The van der Waals surface area contributed by atoms with E-state index in [4.69, 9.17) is 0 Å². The van der Waals surface area contributed by atoms with Crippen molar-refractivity contribution in [2.24, 2.45) is 0 Å². The second kappa shape index (κ2) is 6.66. The molecule has 106 valence electrons. The van der Waals surface area contributed by atoms with Gasteiger partial charge in [0.25, 0.3) is 0 Å². The number of nitrogens with one attached hydrogen (secondary N) is 1. The number of hydrogen-bond acceptors (Lipinski definition) is 3. The molecule has 0 radical (unpaired) electrons. The van der Waals surface area contributed by atoms with Gasteiger partial charge < -0.3 is 0 Å². The minimum Gasteiger partial charge on any atom is -0.299 e. The maximum absolute atomic E-state index is 4.12. The molecule has 0 fully saturated rings. The summed E-state index contributed by atoms with van der Waals surface area (Å²) in [6, 6.07) is 19.5. The maximum atomic E-state index is 4.12. The molecular weight excluding hydrogens is 276 g/mol. The first kappa shape index (κ1) is 14.0. The van der Waals surface area contributed by atoms with Crippen LogP contribution in [0.3, 0.4) is 0 Å². The molecule has 0 aliphatic rings. The van der Waals surface area contributed by atoms with E-state index < -0.39 is 0 Å². The van der Waals surface area contributed by atoms with E-state index in [1.165, 1.54) is 16.0 Å². The van der Waals surface area contributed by atoms with Crippen molar-refractivity contribution in [3.05, 3.63) is 88.4 Å². The standard InChI is InChI=1S/C18H18N2S/c1-14(17-8-5-13-21-17)20-18(15-6-3-2-4-7-15)16-9-11-19-12-10-16/h2-14,18,20H,1H3/t14-,18?/m0/s1. The van der Waals surface area contributed by atoms with Gasteiger partial charge in [-0.15, -0.1) is 11.3 Å². The molecule has 0 aliphatic heterocycles. The average Bonchev–Trinajstić information content (AvgIpc) is 3.09. The third kappa shape index (κ3) is 3.38. The van der Waals surface area contributed by atoms with Crippen molar-refractivity contribution >= 4 is 11.3 Å². The Hall–Kier alpha value is -1.97. The molecule has 0 saturated carbocycles. The zero-order chi connectivity index (χ0) is 14.5. The molecule has 0 amide bonds. The van der Waals surface area contributed by atoms with Crippen LogP contribution in [-0.4, -0.2) is 4.98 Å². The molecule has 0 spiro atoms. The molecule has 0 saturated heterocycles. The Balaban J connectivity index is 1.90. The van der Waals surface area contributed by atoms with Crippen molar-refractivity contribution in [3.8, 4) is 0 Å². The third-order valence-electron chi connectivity index (χ3n) is 3.56. The summed E-state index contributed by atoms with van der Waals surface area (Å²) in [5.41, 5.74) is 2.51. The van der Waals surface area contributed by atoms with Crippen LogP contribution < -0.4 is 5.32 Å². The summed E-state index contributed by atoms with van der Waals surface area (Å²) in [7, 11) is 0. The molecule has 2 nitrogen and oxygen atoms in total. The van der Waals surface area contributed by atoms with Gasteiger partial charge in [-0.05, 0) is 41.6 Å². The smallest absolute Gasteiger partial charge is 0.0582 e. The Morgan fingerprint density at radius 2 is 1.62 bits per heavy atom. The fourth-order valence-corrected chi connectivity index (χ4v) is 3.20. The fourth-order valence-electron chi connectivity index (χ4n) is 2.46. The Labute approximate surface area is 129 Å². The Morgan fingerprint density at radius 3 is 2.29 bits per heavy atom. The number of nitrogens with zero attached hydrogens (tertiary/aromatic N) is 1. The van der Waals surface area contributed by atoms with E-state index in [-0.39, 0.29) is 6.04 Å². The first-order valence-corrected chi connectivity index (χ1v) is 7.97. The number of hydrogen-bond donors (Lipinski definition) is 1. The van der Waals surface area contributed by atoms with Gasteiger partial charge in [0.1, 0.15) is 0 Å². The lowest BCUT2D eigenvalue weighted by atomic mass is 9.98. The number of rotatable bonds is 5. The SMILES string of the molecule is C[C@H](NC(c1ccccc1)c1ccncc1)c1cccs1. The minimum atomic E-state index is 0.172. The van der Waals surface area contributed by atoms with Crippen LogP contribution in [-0.2, 0) is 0 Å². The molecule has 0 bridgehead atoms. The van der Waals surface area contributed by atoms with Crippen molar-refractivity contribution in [3.63, 3.8) is 0 Å². The minimum absolute atomic E-state index is 0.172. The highest BCUT2D eigenvalue weighted by molar-refractivity contribution is 7.10. The lowest BCUT2D eigenvalue weighted by Gasteiger charge is -2.23. The summed E-state index contributed by atoms with van der Waals surface area (Å²) < 4.78 is 0. The van der Waals surface area contributed by atoms with Crippen molar-refractivity contribution in [2.75, 3.05) is 0 Å². The van der Waals surface area contributed by atoms with Crippen LogP contribution in [0.2, 0.25) is 0 Å². The molecule has 3 heteroatoms. The highest BCUT2D eigenvalue weighted by atomic mass is 32.1. The van der Waals surface area contributed by atoms with E-state index in [0.29, 0.717) is 6.04 Å². The molecule has 3 rings (SSSR count). The maximum Gasteiger partial charge on any atom is 0.0582 e. The van der Waals surface area contributed by atoms with Gasteiger partial charge in [0.15, 0.2) is 0 Å². The van der Waals surface area contributed by atoms with Gasteiger partial charge >= 0.3 is 0 Å². The Morgan fingerprint density at radius 1 is 0.905 bits per heavy atom. The van der Waals surface area contributed by atoms with Crippen LogP contribution in [0.15, 0.2) is 72.4 Å². The zero-order valence-corrected chi connectivity index (χ0v) is 12.8. The van der Waals surface area contributed by atoms with E-state index in [2.05, 4.69) is 77.2 Å². The molecule has 1 aromatic carbocycles. The Bertz CT molecular complexity index is 611. The molecular formula is C18H18N2S. The van der Waals surface area contributed by atoms with Gasteiger partial charge in [-0.3, -0.25) is 10.3 Å². The van der Waals surface area contributed by atoms with E-state index in [1.54, 1.807) is 11.3 Å². The predicted molar refractivity (Wildman–Crippen MR) is 88.4 cm³/mol. The largest absolute Gasteiger partial charge is 0.299 e. The van der Waals surface area contributed by atoms with Crippen LogP contribution >= 0.6 is 11.3 Å². The van der Waals surface area contributed by atoms with Crippen molar-refractivity contribution in [1.82, 2.24) is 10.3 Å². The third-order valence-corrected chi connectivity index (χ3v) is 4.61. The molecule has 2 aromatic heterocycles. The van der Waals surface area contributed by atoms with Gasteiger partial charge in [0.2, 0.25) is 0 Å². The van der Waals surface area contributed by atoms with E-state index >= 15 is 0 Å². The van der Waals surface area contributed by atoms with Crippen molar-refractivity contribution in [2.45, 2.75) is 19.0 Å². The van der Waals surface area contributed by atoms with Gasteiger partial charge in [-0.2, -0.15) is 0 Å².